The van der Waals surface area contributed by atoms with Crippen LogP contribution in [0.1, 0.15) is 22.1 Å². The molecule has 164 valence electrons. The number of sulfonamides is 1. The Morgan fingerprint density at radius 3 is 2.57 bits per heavy atom. The summed E-state index contributed by atoms with van der Waals surface area (Å²) in [6.07, 6.45) is -4.10. The van der Waals surface area contributed by atoms with Crippen molar-refractivity contribution in [3.05, 3.63) is 41.7 Å². The highest BCUT2D eigenvalue weighted by Gasteiger charge is 2.47. The largest absolute Gasteiger partial charge is 0.394 e. The maximum Gasteiger partial charge on any atom is 0.251 e. The zero-order valence-electron chi connectivity index (χ0n) is 15.4. The third kappa shape index (κ3) is 4.65. The van der Waals surface area contributed by atoms with Crippen molar-refractivity contribution in [1.82, 2.24) is 20.3 Å². The van der Waals surface area contributed by atoms with Gasteiger partial charge in [-0.2, -0.15) is 0 Å². The molecule has 1 fully saturated rings. The minimum atomic E-state index is -3.86. The monoisotopic (exact) mass is 443 g/mol. The van der Waals surface area contributed by atoms with Crippen LogP contribution < -0.4 is 10.5 Å². The third-order valence-electron chi connectivity index (χ3n) is 4.58. The standard InChI is InChI=1S/C16H21N5O8S/c17-30(27,28)10-3-1-8(2-4-10)15(25)18-5-9-6-21(20-19-9)12-13(24)16(26)29-14(12)11(23)7-22/h1-4,6,11-14,16,22-24,26H,5,7H2,(H,18,25)(H2,17,27,28). The summed E-state index contributed by atoms with van der Waals surface area (Å²) in [4.78, 5) is 12.1. The molecule has 3 rings (SSSR count). The molecule has 14 heteroatoms. The molecule has 0 bridgehead atoms. The summed E-state index contributed by atoms with van der Waals surface area (Å²) in [5.74, 6) is -0.501. The van der Waals surface area contributed by atoms with Crippen LogP contribution in [-0.2, 0) is 21.3 Å². The number of carbonyl (C=O) groups excluding carboxylic acids is 1. The zero-order valence-corrected chi connectivity index (χ0v) is 16.3. The lowest BCUT2D eigenvalue weighted by Crippen LogP contribution is -2.38. The molecule has 0 saturated carbocycles. The summed E-state index contributed by atoms with van der Waals surface area (Å²) in [5.41, 5.74) is 0.499. The van der Waals surface area contributed by atoms with Gasteiger partial charge in [0, 0.05) is 5.56 Å². The molecule has 7 N–H and O–H groups in total. The van der Waals surface area contributed by atoms with Gasteiger partial charge in [-0.15, -0.1) is 5.10 Å². The van der Waals surface area contributed by atoms with Crippen LogP contribution in [0.5, 0.6) is 0 Å². The van der Waals surface area contributed by atoms with E-state index < -0.39 is 53.2 Å². The van der Waals surface area contributed by atoms with Gasteiger partial charge in [-0.25, -0.2) is 18.2 Å². The van der Waals surface area contributed by atoms with E-state index >= 15 is 0 Å². The number of nitrogens with two attached hydrogens (primary N) is 1. The SMILES string of the molecule is NS(=O)(=O)c1ccc(C(=O)NCc2cn(C3C(O)C(O)OC3C(O)CO)nn2)cc1. The number of amides is 1. The molecular weight excluding hydrogens is 422 g/mol. The second kappa shape index (κ2) is 8.73. The highest BCUT2D eigenvalue weighted by molar-refractivity contribution is 7.89. The van der Waals surface area contributed by atoms with Crippen LogP contribution in [0, 0.1) is 0 Å². The number of aromatic nitrogens is 3. The lowest BCUT2D eigenvalue weighted by Gasteiger charge is -2.22. The minimum Gasteiger partial charge on any atom is -0.394 e. The average Bonchev–Trinajstić information content (AvgIpc) is 3.29. The lowest BCUT2D eigenvalue weighted by molar-refractivity contribution is -0.149. The highest BCUT2D eigenvalue weighted by atomic mass is 32.2. The van der Waals surface area contributed by atoms with Gasteiger partial charge >= 0.3 is 0 Å². The first kappa shape index (κ1) is 22.2. The van der Waals surface area contributed by atoms with E-state index in [0.29, 0.717) is 5.69 Å². The van der Waals surface area contributed by atoms with Gasteiger partial charge in [0.05, 0.1) is 24.2 Å². The normalized spacial score (nSPS) is 25.2. The number of hydrogen-bond acceptors (Lipinski definition) is 10. The highest BCUT2D eigenvalue weighted by Crippen LogP contribution is 2.31. The number of hydrogen-bond donors (Lipinski definition) is 6. The van der Waals surface area contributed by atoms with Gasteiger partial charge in [-0.3, -0.25) is 4.79 Å². The Morgan fingerprint density at radius 2 is 1.97 bits per heavy atom. The number of rotatable bonds is 7. The zero-order chi connectivity index (χ0) is 22.1. The number of ether oxygens (including phenoxy) is 1. The Balaban J connectivity index is 1.66. The average molecular weight is 443 g/mol. The molecule has 1 amide bonds. The van der Waals surface area contributed by atoms with Crippen LogP contribution in [0.2, 0.25) is 0 Å². The molecule has 1 aliphatic rings. The van der Waals surface area contributed by atoms with Gasteiger partial charge in [0.1, 0.15) is 30.0 Å². The number of nitrogens with one attached hydrogen (secondary N) is 1. The predicted molar refractivity (Wildman–Crippen MR) is 98.0 cm³/mol. The van der Waals surface area contributed by atoms with Crippen LogP contribution >= 0.6 is 0 Å². The molecule has 5 unspecified atom stereocenters. The quantitative estimate of drug-likeness (QED) is 0.253. The second-order valence-electron chi connectivity index (χ2n) is 6.66. The van der Waals surface area contributed by atoms with Gasteiger partial charge in [0.15, 0.2) is 6.29 Å². The van der Waals surface area contributed by atoms with Crippen molar-refractivity contribution in [2.75, 3.05) is 6.61 Å². The summed E-state index contributed by atoms with van der Waals surface area (Å²) in [7, 11) is -3.86. The van der Waals surface area contributed by atoms with E-state index in [0.717, 1.165) is 0 Å². The topological polar surface area (TPSA) is 210 Å². The number of carbonyl (C=O) groups is 1. The summed E-state index contributed by atoms with van der Waals surface area (Å²) >= 11 is 0. The van der Waals surface area contributed by atoms with Crippen molar-refractivity contribution in [3.63, 3.8) is 0 Å². The van der Waals surface area contributed by atoms with E-state index in [9.17, 15) is 28.5 Å². The van der Waals surface area contributed by atoms with Crippen molar-refractivity contribution in [2.24, 2.45) is 5.14 Å². The van der Waals surface area contributed by atoms with Gasteiger partial charge in [-0.05, 0) is 24.3 Å². The van der Waals surface area contributed by atoms with Crippen LogP contribution in [-0.4, -0.2) is 81.0 Å². The molecule has 1 saturated heterocycles. The Morgan fingerprint density at radius 1 is 1.30 bits per heavy atom. The van der Waals surface area contributed by atoms with Crippen molar-refractivity contribution < 1.29 is 38.4 Å². The molecule has 0 spiro atoms. The molecule has 0 aliphatic carbocycles. The minimum absolute atomic E-state index is 0.0464. The summed E-state index contributed by atoms with van der Waals surface area (Å²) in [6, 6.07) is 4.02. The molecule has 13 nitrogen and oxygen atoms in total. The smallest absolute Gasteiger partial charge is 0.251 e. The Bertz CT molecular complexity index is 995. The molecule has 1 aromatic carbocycles. The maximum absolute atomic E-state index is 12.2. The summed E-state index contributed by atoms with van der Waals surface area (Å²) in [5, 5.41) is 54.0. The molecule has 1 aromatic heterocycles. The summed E-state index contributed by atoms with van der Waals surface area (Å²) in [6.45, 7) is -0.697. The number of benzene rings is 1. The van der Waals surface area contributed by atoms with Gasteiger partial charge in [-0.1, -0.05) is 5.21 Å². The summed E-state index contributed by atoms with van der Waals surface area (Å²) < 4.78 is 28.8. The van der Waals surface area contributed by atoms with Crippen LogP contribution in [0.4, 0.5) is 0 Å². The number of primary sulfonamides is 1. The van der Waals surface area contributed by atoms with E-state index in [-0.39, 0.29) is 17.0 Å². The first-order chi connectivity index (χ1) is 14.1. The van der Waals surface area contributed by atoms with Gasteiger partial charge in [0.2, 0.25) is 10.0 Å². The predicted octanol–water partition coefficient (Wildman–Crippen LogP) is -3.17. The Hall–Kier alpha value is -2.46. The lowest BCUT2D eigenvalue weighted by atomic mass is 10.0. The molecule has 0 radical (unpaired) electrons. The van der Waals surface area contributed by atoms with E-state index in [1.54, 1.807) is 0 Å². The number of aliphatic hydroxyl groups excluding tert-OH is 4. The van der Waals surface area contributed by atoms with Gasteiger partial charge < -0.3 is 30.5 Å². The first-order valence-corrected chi connectivity index (χ1v) is 10.3. The van der Waals surface area contributed by atoms with E-state index in [1.165, 1.54) is 35.1 Å². The van der Waals surface area contributed by atoms with E-state index in [1.807, 2.05) is 0 Å². The van der Waals surface area contributed by atoms with Crippen LogP contribution in [0.25, 0.3) is 0 Å². The fourth-order valence-corrected chi connectivity index (χ4v) is 3.54. The van der Waals surface area contributed by atoms with Crippen molar-refractivity contribution >= 4 is 15.9 Å². The molecule has 5 atom stereocenters. The molecule has 2 heterocycles. The number of aliphatic hydroxyl groups is 4. The van der Waals surface area contributed by atoms with E-state index in [2.05, 4.69) is 15.6 Å². The fourth-order valence-electron chi connectivity index (χ4n) is 3.02. The van der Waals surface area contributed by atoms with Crippen molar-refractivity contribution in [3.8, 4) is 0 Å². The molecule has 2 aromatic rings. The Labute approximate surface area is 170 Å². The van der Waals surface area contributed by atoms with Crippen LogP contribution in [0.3, 0.4) is 0 Å². The fraction of sp³-hybridized carbons (Fsp3) is 0.438. The molecule has 30 heavy (non-hydrogen) atoms. The van der Waals surface area contributed by atoms with Crippen LogP contribution in [0.15, 0.2) is 35.4 Å². The number of nitrogens with zero attached hydrogens (tertiary/aromatic N) is 3. The third-order valence-corrected chi connectivity index (χ3v) is 5.51. The Kier molecular flexibility index (Phi) is 6.47. The maximum atomic E-state index is 12.2. The van der Waals surface area contributed by atoms with E-state index in [4.69, 9.17) is 15.0 Å². The van der Waals surface area contributed by atoms with Crippen molar-refractivity contribution in [2.45, 2.75) is 42.1 Å². The molecule has 1 aliphatic heterocycles. The first-order valence-electron chi connectivity index (χ1n) is 8.74. The molecular formula is C16H21N5O8S. The second-order valence-corrected chi connectivity index (χ2v) is 8.23. The van der Waals surface area contributed by atoms with Crippen molar-refractivity contribution in [1.29, 1.82) is 0 Å². The van der Waals surface area contributed by atoms with Gasteiger partial charge in [0.25, 0.3) is 5.91 Å².